The number of alkyl halides is 3. The highest BCUT2D eigenvalue weighted by Gasteiger charge is 2.43. The summed E-state index contributed by atoms with van der Waals surface area (Å²) in [6.45, 7) is 1.42. The normalized spacial score (nSPS) is 20.7. The Labute approximate surface area is 212 Å². The molecular formula is C22H28F5N2O6S2-. The third-order valence-electron chi connectivity index (χ3n) is 5.94. The van der Waals surface area contributed by atoms with E-state index in [1.807, 2.05) is 16.3 Å². The van der Waals surface area contributed by atoms with Crippen LogP contribution in [0.25, 0.3) is 4.13 Å². The zero-order valence-electron chi connectivity index (χ0n) is 20.1. The van der Waals surface area contributed by atoms with Crippen molar-refractivity contribution in [3.05, 3.63) is 27.9 Å². The van der Waals surface area contributed by atoms with Crippen LogP contribution in [0.2, 0.25) is 0 Å². The number of hydrogen-bond donors (Lipinski definition) is 0. The van der Waals surface area contributed by atoms with Crippen molar-refractivity contribution in [1.82, 2.24) is 0 Å². The molecule has 1 saturated heterocycles. The highest BCUT2D eigenvalue weighted by Crippen LogP contribution is 2.48. The topological polar surface area (TPSA) is 104 Å². The summed E-state index contributed by atoms with van der Waals surface area (Å²) in [6.07, 6.45) is 7.35. The van der Waals surface area contributed by atoms with Gasteiger partial charge in [0.05, 0.1) is 12.7 Å². The molecule has 0 aromatic heterocycles. The Morgan fingerprint density at radius 3 is 2.19 bits per heavy atom. The average Bonchev–Trinajstić information content (AvgIpc) is 2.77. The van der Waals surface area contributed by atoms with Gasteiger partial charge in [-0.3, -0.25) is 0 Å². The van der Waals surface area contributed by atoms with Gasteiger partial charge in [0, 0.05) is 13.1 Å². The summed E-state index contributed by atoms with van der Waals surface area (Å²) in [4.78, 5) is -0.194. The smallest absolute Gasteiger partial charge is 0.480 e. The zero-order valence-corrected chi connectivity index (χ0v) is 21.7. The van der Waals surface area contributed by atoms with Gasteiger partial charge < -0.3 is 18.5 Å². The number of allylic oxidation sites excluding steroid dienone is 2. The van der Waals surface area contributed by atoms with E-state index in [4.69, 9.17) is 9.47 Å². The molecule has 15 heteroatoms. The van der Waals surface area contributed by atoms with Crippen LogP contribution in [-0.4, -0.2) is 48.1 Å². The van der Waals surface area contributed by atoms with Gasteiger partial charge in [-0.2, -0.15) is 13.2 Å². The number of ether oxygens (including phenoxy) is 2. The van der Waals surface area contributed by atoms with Crippen molar-refractivity contribution in [3.63, 3.8) is 0 Å². The minimum Gasteiger partial charge on any atom is -0.489 e. The van der Waals surface area contributed by atoms with Gasteiger partial charge in [-0.25, -0.2) is 25.6 Å². The maximum atomic E-state index is 16.0. The lowest BCUT2D eigenvalue weighted by Crippen LogP contribution is -2.32. The third kappa shape index (κ3) is 6.66. The van der Waals surface area contributed by atoms with Crippen LogP contribution >= 0.6 is 0 Å². The van der Waals surface area contributed by atoms with Crippen LogP contribution in [-0.2, 0) is 20.0 Å². The lowest BCUT2D eigenvalue weighted by Gasteiger charge is -2.33. The molecule has 2 aliphatic rings. The quantitative estimate of drug-likeness (QED) is 0.296. The molecule has 8 nitrogen and oxygen atoms in total. The molecule has 1 heterocycles. The first-order chi connectivity index (χ1) is 17.3. The minimum atomic E-state index is -6.59. The van der Waals surface area contributed by atoms with Gasteiger partial charge in [0.25, 0.3) is 0 Å². The van der Waals surface area contributed by atoms with Crippen molar-refractivity contribution in [1.29, 1.82) is 0 Å². The Kier molecular flexibility index (Phi) is 9.32. The lowest BCUT2D eigenvalue weighted by atomic mass is 10.0. The zero-order chi connectivity index (χ0) is 27.4. The van der Waals surface area contributed by atoms with Gasteiger partial charge in [0.1, 0.15) is 20.6 Å². The summed E-state index contributed by atoms with van der Waals surface area (Å²) in [5, 5.41) is 0. The van der Waals surface area contributed by atoms with Gasteiger partial charge in [-0.1, -0.05) is 12.2 Å². The predicted octanol–water partition coefficient (Wildman–Crippen LogP) is 5.53. The maximum Gasteiger partial charge on any atom is 0.480 e. The van der Waals surface area contributed by atoms with E-state index in [1.165, 1.54) is 11.8 Å². The first-order valence-electron chi connectivity index (χ1n) is 11.8. The second kappa shape index (κ2) is 11.7. The minimum absolute atomic E-state index is 0.228. The first-order valence-corrected chi connectivity index (χ1v) is 14.7. The molecule has 1 aromatic rings. The molecule has 1 aliphatic heterocycles. The number of benzene rings is 1. The van der Waals surface area contributed by atoms with Crippen LogP contribution in [0.3, 0.4) is 0 Å². The number of hydrogen-bond acceptors (Lipinski definition) is 7. The molecule has 1 aliphatic carbocycles. The fourth-order valence-electron chi connectivity index (χ4n) is 4.24. The molecule has 1 aromatic carbocycles. The highest BCUT2D eigenvalue weighted by molar-refractivity contribution is 8.12. The number of nitrogens with zero attached hydrogens (tertiary/aromatic N) is 2. The van der Waals surface area contributed by atoms with Gasteiger partial charge >= 0.3 is 5.51 Å². The molecule has 1 unspecified atom stereocenters. The van der Waals surface area contributed by atoms with Gasteiger partial charge in [-0.05, 0) is 58.3 Å². The van der Waals surface area contributed by atoms with E-state index in [0.29, 0.717) is 44.9 Å². The van der Waals surface area contributed by atoms with Crippen molar-refractivity contribution in [2.45, 2.75) is 74.8 Å². The maximum absolute atomic E-state index is 16.0. The Hall–Kier alpha value is -2.13. The largest absolute Gasteiger partial charge is 0.489 e. The Morgan fingerprint density at radius 2 is 1.57 bits per heavy atom. The lowest BCUT2D eigenvalue weighted by molar-refractivity contribution is -0.0425. The van der Waals surface area contributed by atoms with Crippen molar-refractivity contribution in [2.24, 2.45) is 0 Å². The van der Waals surface area contributed by atoms with Crippen molar-refractivity contribution < 1.29 is 48.3 Å². The summed E-state index contributed by atoms with van der Waals surface area (Å²) < 4.78 is 133. The Bertz CT molecular complexity index is 1210. The number of sulfonamides is 2. The van der Waals surface area contributed by atoms with Crippen molar-refractivity contribution in [3.8, 4) is 11.5 Å². The van der Waals surface area contributed by atoms with Crippen molar-refractivity contribution >= 4 is 25.7 Å². The summed E-state index contributed by atoms with van der Waals surface area (Å²) in [5.74, 6) is -5.22. The van der Waals surface area contributed by atoms with Crippen LogP contribution < -0.4 is 14.4 Å². The van der Waals surface area contributed by atoms with E-state index < -0.39 is 65.4 Å². The molecule has 0 radical (unpaired) electrons. The Balaban J connectivity index is 2.26. The molecule has 3 rings (SSSR count). The molecule has 210 valence electrons. The first kappa shape index (κ1) is 29.4. The van der Waals surface area contributed by atoms with Gasteiger partial charge in [0.15, 0.2) is 33.2 Å². The van der Waals surface area contributed by atoms with Crippen LogP contribution in [0.1, 0.15) is 58.3 Å². The molecule has 1 fully saturated rings. The SMILES string of the molecule is CCOc1c(F)c(N2CCCCC2)c(F)c(OC2CC/C=C\CCC2)c1S(=O)(=O)[N-]S(=O)(=O)C(F)(F)F. The predicted molar refractivity (Wildman–Crippen MR) is 126 cm³/mol. The molecule has 0 bridgehead atoms. The number of rotatable bonds is 8. The van der Waals surface area contributed by atoms with E-state index in [2.05, 4.69) is 0 Å². The molecule has 0 N–H and O–H groups in total. The second-order valence-electron chi connectivity index (χ2n) is 8.63. The van der Waals surface area contributed by atoms with Gasteiger partial charge in [0.2, 0.25) is 0 Å². The molecular weight excluding hydrogens is 547 g/mol. The van der Waals surface area contributed by atoms with E-state index in [9.17, 15) is 30.0 Å². The average molecular weight is 576 g/mol. The van der Waals surface area contributed by atoms with Crippen LogP contribution in [0.5, 0.6) is 11.5 Å². The van der Waals surface area contributed by atoms with Gasteiger partial charge in [-0.15, -0.1) is 0 Å². The standard InChI is InChI=1S/C22H28F5N2O6S2/c1-2-34-19-16(23)18(29-13-9-6-10-14-29)17(24)20(35-15-11-7-4-3-5-8-12-15)21(19)36(30,31)28-37(32,33)22(25,26)27/h3-4,15H,2,5-14H2,1H3/q-1/b4-3-. The summed E-state index contributed by atoms with van der Waals surface area (Å²) >= 11 is 0. The fraction of sp³-hybridized carbons (Fsp3) is 0.636. The molecule has 0 saturated carbocycles. The van der Waals surface area contributed by atoms with Crippen LogP contribution in [0, 0.1) is 11.6 Å². The Morgan fingerprint density at radius 1 is 0.946 bits per heavy atom. The monoisotopic (exact) mass is 575 g/mol. The van der Waals surface area contributed by atoms with Crippen LogP contribution in [0.4, 0.5) is 27.6 Å². The molecule has 37 heavy (non-hydrogen) atoms. The van der Waals surface area contributed by atoms with E-state index in [-0.39, 0.29) is 19.7 Å². The summed E-state index contributed by atoms with van der Waals surface area (Å²) in [6, 6.07) is 0. The van der Waals surface area contributed by atoms with Crippen LogP contribution in [0.15, 0.2) is 17.0 Å². The summed E-state index contributed by atoms with van der Waals surface area (Å²) in [5.41, 5.74) is -6.72. The molecule has 0 spiro atoms. The van der Waals surface area contributed by atoms with E-state index in [0.717, 1.165) is 6.42 Å². The fourth-order valence-corrected chi connectivity index (χ4v) is 6.67. The summed E-state index contributed by atoms with van der Waals surface area (Å²) in [7, 11) is -12.5. The van der Waals surface area contributed by atoms with E-state index >= 15 is 8.78 Å². The second-order valence-corrected chi connectivity index (χ2v) is 12.0. The third-order valence-corrected chi connectivity index (χ3v) is 8.98. The number of halogens is 5. The molecule has 1 atom stereocenters. The highest BCUT2D eigenvalue weighted by atomic mass is 32.3. The van der Waals surface area contributed by atoms with Crippen molar-refractivity contribution in [2.75, 3.05) is 24.6 Å². The number of piperidine rings is 1. The molecule has 0 amide bonds. The van der Waals surface area contributed by atoms with E-state index in [1.54, 1.807) is 0 Å². The number of anilines is 1.